The third-order valence-electron chi connectivity index (χ3n) is 5.70. The Balaban J connectivity index is 1.36. The van der Waals surface area contributed by atoms with Crippen molar-refractivity contribution in [3.05, 3.63) is 53.8 Å². The number of piperidine rings is 1. The number of carbonyl (C=O) groups is 1. The fraction of sp³-hybridized carbons (Fsp3) is 0.381. The van der Waals surface area contributed by atoms with Gasteiger partial charge in [0.15, 0.2) is 11.5 Å². The molecule has 2 aromatic rings. The van der Waals surface area contributed by atoms with Crippen LogP contribution in [-0.2, 0) is 21.4 Å². The van der Waals surface area contributed by atoms with Crippen LogP contribution in [0.2, 0.25) is 0 Å². The molecule has 0 aliphatic carbocycles. The van der Waals surface area contributed by atoms with Crippen LogP contribution in [0.4, 0.5) is 4.39 Å². The zero-order chi connectivity index (χ0) is 21.4. The summed E-state index contributed by atoms with van der Waals surface area (Å²) in [6.07, 6.45) is 0.767. The highest BCUT2D eigenvalue weighted by atomic mass is 32.2. The summed E-state index contributed by atoms with van der Waals surface area (Å²) in [5.41, 5.74) is 0.215. The summed E-state index contributed by atoms with van der Waals surface area (Å²) in [5, 5.41) is 2.94. The highest BCUT2D eigenvalue weighted by molar-refractivity contribution is 7.89. The zero-order valence-electron chi connectivity index (χ0n) is 16.6. The first-order valence-corrected chi connectivity index (χ1v) is 11.1. The maximum Gasteiger partial charge on any atom is 0.243 e. The summed E-state index contributed by atoms with van der Waals surface area (Å²) >= 11 is 0. The molecule has 7 nitrogen and oxygen atoms in total. The van der Waals surface area contributed by atoms with Crippen LogP contribution >= 0.6 is 0 Å². The largest absolute Gasteiger partial charge is 0.454 e. The Morgan fingerprint density at radius 1 is 1.13 bits per heavy atom. The molecule has 4 rings (SSSR count). The van der Waals surface area contributed by atoms with Gasteiger partial charge in [-0.25, -0.2) is 12.8 Å². The van der Waals surface area contributed by atoms with Crippen molar-refractivity contribution in [3.8, 4) is 11.5 Å². The van der Waals surface area contributed by atoms with E-state index in [0.29, 0.717) is 30.9 Å². The molecule has 2 aliphatic rings. The quantitative estimate of drug-likeness (QED) is 0.782. The van der Waals surface area contributed by atoms with Gasteiger partial charge in [0, 0.05) is 25.0 Å². The fourth-order valence-corrected chi connectivity index (χ4v) is 5.14. The van der Waals surface area contributed by atoms with E-state index in [1.807, 2.05) is 19.1 Å². The highest BCUT2D eigenvalue weighted by Gasteiger charge is 2.40. The molecule has 1 amide bonds. The number of hydrogen-bond donors (Lipinski definition) is 1. The van der Waals surface area contributed by atoms with Crippen LogP contribution in [0.25, 0.3) is 0 Å². The number of fused-ring (bicyclic) bond motifs is 1. The summed E-state index contributed by atoms with van der Waals surface area (Å²) < 4.78 is 50.9. The predicted molar refractivity (Wildman–Crippen MR) is 107 cm³/mol. The normalized spacial score (nSPS) is 18.2. The Bertz CT molecular complexity index is 1060. The molecule has 9 heteroatoms. The molecular weight excluding hydrogens is 411 g/mol. The number of rotatable bonds is 5. The lowest BCUT2D eigenvalue weighted by molar-refractivity contribution is -0.132. The Hall–Kier alpha value is -2.65. The molecule has 1 fully saturated rings. The number of halogens is 1. The van der Waals surface area contributed by atoms with E-state index in [0.717, 1.165) is 11.6 Å². The van der Waals surface area contributed by atoms with Crippen LogP contribution in [0.1, 0.15) is 25.3 Å². The minimum Gasteiger partial charge on any atom is -0.454 e. The van der Waals surface area contributed by atoms with Crippen molar-refractivity contribution in [2.45, 2.75) is 31.2 Å². The molecule has 30 heavy (non-hydrogen) atoms. The third kappa shape index (κ3) is 3.99. The standard InChI is InChI=1S/C21H23FN2O5S/c1-21(20(25)23-13-15-5-6-18-19(11-15)29-14-28-18)7-9-24(10-8-21)30(26,27)17-4-2-3-16(22)12-17/h2-6,11-12H,7-10,13-14H2,1H3,(H,23,25). The topological polar surface area (TPSA) is 84.9 Å². The van der Waals surface area contributed by atoms with Gasteiger partial charge >= 0.3 is 0 Å². The smallest absolute Gasteiger partial charge is 0.243 e. The molecule has 1 N–H and O–H groups in total. The van der Waals surface area contributed by atoms with Crippen molar-refractivity contribution in [3.63, 3.8) is 0 Å². The molecule has 0 aromatic heterocycles. The number of amides is 1. The van der Waals surface area contributed by atoms with E-state index in [2.05, 4.69) is 5.32 Å². The summed E-state index contributed by atoms with van der Waals surface area (Å²) in [4.78, 5) is 12.7. The lowest BCUT2D eigenvalue weighted by Gasteiger charge is -2.37. The SMILES string of the molecule is CC1(C(=O)NCc2ccc3c(c2)OCO3)CCN(S(=O)(=O)c2cccc(F)c2)CC1. The van der Waals surface area contributed by atoms with Crippen molar-refractivity contribution in [2.24, 2.45) is 5.41 Å². The first-order valence-electron chi connectivity index (χ1n) is 9.70. The van der Waals surface area contributed by atoms with Gasteiger partial charge in [-0.2, -0.15) is 4.31 Å². The molecule has 2 aromatic carbocycles. The maximum atomic E-state index is 13.4. The van der Waals surface area contributed by atoms with Crippen LogP contribution in [-0.4, -0.2) is 38.5 Å². The number of benzene rings is 2. The number of nitrogens with zero attached hydrogens (tertiary/aromatic N) is 1. The third-order valence-corrected chi connectivity index (χ3v) is 7.59. The van der Waals surface area contributed by atoms with Gasteiger partial charge in [0.25, 0.3) is 0 Å². The van der Waals surface area contributed by atoms with Gasteiger partial charge in [0.05, 0.1) is 4.90 Å². The number of sulfonamides is 1. The average Bonchev–Trinajstić information content (AvgIpc) is 3.20. The van der Waals surface area contributed by atoms with Crippen molar-refractivity contribution in [1.82, 2.24) is 9.62 Å². The molecule has 2 aliphatic heterocycles. The van der Waals surface area contributed by atoms with Crippen LogP contribution in [0.5, 0.6) is 11.5 Å². The molecule has 2 heterocycles. The molecular formula is C21H23FN2O5S. The summed E-state index contributed by atoms with van der Waals surface area (Å²) in [5.74, 6) is 0.622. The molecule has 160 valence electrons. The van der Waals surface area contributed by atoms with Crippen molar-refractivity contribution in [2.75, 3.05) is 19.9 Å². The summed E-state index contributed by atoms with van der Waals surface area (Å²) in [6, 6.07) is 10.5. The fourth-order valence-electron chi connectivity index (χ4n) is 3.67. The number of nitrogens with one attached hydrogen (secondary N) is 1. The first-order chi connectivity index (χ1) is 14.3. The molecule has 0 atom stereocenters. The monoisotopic (exact) mass is 434 g/mol. The molecule has 0 saturated carbocycles. The van der Waals surface area contributed by atoms with Gasteiger partial charge < -0.3 is 14.8 Å². The van der Waals surface area contributed by atoms with Crippen LogP contribution < -0.4 is 14.8 Å². The number of ether oxygens (including phenoxy) is 2. The Morgan fingerprint density at radius 2 is 1.87 bits per heavy atom. The maximum absolute atomic E-state index is 13.4. The highest BCUT2D eigenvalue weighted by Crippen LogP contribution is 2.35. The predicted octanol–water partition coefficient (Wildman–Crippen LogP) is 2.66. The molecule has 0 spiro atoms. The van der Waals surface area contributed by atoms with E-state index in [1.165, 1.54) is 22.5 Å². The Labute approximate surface area is 174 Å². The van der Waals surface area contributed by atoms with Gasteiger partial charge in [0.1, 0.15) is 5.82 Å². The van der Waals surface area contributed by atoms with Crippen molar-refractivity contribution < 1.29 is 27.1 Å². The second-order valence-electron chi connectivity index (χ2n) is 7.79. The second kappa shape index (κ2) is 7.88. The van der Waals surface area contributed by atoms with Gasteiger partial charge in [-0.3, -0.25) is 4.79 Å². The molecule has 0 radical (unpaired) electrons. The Kier molecular flexibility index (Phi) is 5.42. The van der Waals surface area contributed by atoms with Crippen LogP contribution in [0, 0.1) is 11.2 Å². The van der Waals surface area contributed by atoms with Crippen molar-refractivity contribution >= 4 is 15.9 Å². The molecule has 0 bridgehead atoms. The lowest BCUT2D eigenvalue weighted by atomic mass is 9.80. The minimum absolute atomic E-state index is 0.0710. The van der Waals surface area contributed by atoms with Gasteiger partial charge in [0.2, 0.25) is 22.7 Å². The van der Waals surface area contributed by atoms with E-state index in [9.17, 15) is 17.6 Å². The number of hydrogen-bond acceptors (Lipinski definition) is 5. The van der Waals surface area contributed by atoms with E-state index >= 15 is 0 Å². The van der Waals surface area contributed by atoms with Crippen molar-refractivity contribution in [1.29, 1.82) is 0 Å². The van der Waals surface area contributed by atoms with Gasteiger partial charge in [-0.15, -0.1) is 0 Å². The van der Waals surface area contributed by atoms with Crippen LogP contribution in [0.15, 0.2) is 47.4 Å². The van der Waals surface area contributed by atoms with E-state index in [-0.39, 0.29) is 30.7 Å². The lowest BCUT2D eigenvalue weighted by Crippen LogP contribution is -2.48. The van der Waals surface area contributed by atoms with Gasteiger partial charge in [-0.1, -0.05) is 19.1 Å². The van der Waals surface area contributed by atoms with E-state index in [4.69, 9.17) is 9.47 Å². The summed E-state index contributed by atoms with van der Waals surface area (Å²) in [6.45, 7) is 2.78. The minimum atomic E-state index is -3.79. The van der Waals surface area contributed by atoms with E-state index in [1.54, 1.807) is 6.07 Å². The van der Waals surface area contributed by atoms with Crippen LogP contribution in [0.3, 0.4) is 0 Å². The summed E-state index contributed by atoms with van der Waals surface area (Å²) in [7, 11) is -3.79. The second-order valence-corrected chi connectivity index (χ2v) is 9.73. The van der Waals surface area contributed by atoms with Gasteiger partial charge in [-0.05, 0) is 48.7 Å². The number of carbonyl (C=O) groups excluding carboxylic acids is 1. The first kappa shape index (κ1) is 20.6. The molecule has 0 unspecified atom stereocenters. The zero-order valence-corrected chi connectivity index (χ0v) is 17.4. The Morgan fingerprint density at radius 3 is 2.60 bits per heavy atom. The molecule has 1 saturated heterocycles. The average molecular weight is 434 g/mol. The van der Waals surface area contributed by atoms with E-state index < -0.39 is 21.3 Å².